The molecule has 1 amide bonds. The highest BCUT2D eigenvalue weighted by Crippen LogP contribution is 2.23. The lowest BCUT2D eigenvalue weighted by Crippen LogP contribution is -2.48. The molecular formula is C13H20N4OS. The number of rotatable bonds is 3. The summed E-state index contributed by atoms with van der Waals surface area (Å²) in [6.45, 7) is 5.92. The molecule has 19 heavy (non-hydrogen) atoms. The lowest BCUT2D eigenvalue weighted by molar-refractivity contribution is -0.130. The first-order valence-electron chi connectivity index (χ1n) is 7.03. The van der Waals surface area contributed by atoms with Crippen molar-refractivity contribution in [2.24, 2.45) is 0 Å². The number of nitrogens with zero attached hydrogens (tertiary/aromatic N) is 4. The van der Waals surface area contributed by atoms with Gasteiger partial charge in [0.25, 0.3) is 0 Å². The molecule has 6 heteroatoms. The fraction of sp³-hybridized carbons (Fsp3) is 0.769. The Kier molecular flexibility index (Phi) is 3.79. The zero-order chi connectivity index (χ0) is 13.2. The predicted molar refractivity (Wildman–Crippen MR) is 73.9 cm³/mol. The Labute approximate surface area is 117 Å². The second-order valence-corrected chi connectivity index (χ2v) is 6.70. The molecule has 0 N–H and O–H groups in total. The average molecular weight is 280 g/mol. The summed E-state index contributed by atoms with van der Waals surface area (Å²) < 4.78 is 0. The number of amides is 1. The molecule has 1 aromatic rings. The number of piperidine rings is 1. The second-order valence-electron chi connectivity index (χ2n) is 5.44. The van der Waals surface area contributed by atoms with E-state index in [9.17, 15) is 4.79 Å². The van der Waals surface area contributed by atoms with E-state index in [-0.39, 0.29) is 0 Å². The van der Waals surface area contributed by atoms with Crippen molar-refractivity contribution in [2.75, 3.05) is 19.6 Å². The zero-order valence-corrected chi connectivity index (χ0v) is 12.2. The van der Waals surface area contributed by atoms with Gasteiger partial charge in [0.15, 0.2) is 0 Å². The molecule has 2 fully saturated rings. The summed E-state index contributed by atoms with van der Waals surface area (Å²) in [6.07, 6.45) is 4.10. The van der Waals surface area contributed by atoms with Crippen LogP contribution in [0.4, 0.5) is 0 Å². The van der Waals surface area contributed by atoms with Gasteiger partial charge in [-0.25, -0.2) is 0 Å². The average Bonchev–Trinajstić information content (AvgIpc) is 2.99. The van der Waals surface area contributed by atoms with E-state index in [4.69, 9.17) is 0 Å². The molecule has 0 saturated carbocycles. The number of carbonyl (C=O) groups is 1. The molecule has 104 valence electrons. The van der Waals surface area contributed by atoms with Crippen LogP contribution in [0.5, 0.6) is 0 Å². The monoisotopic (exact) mass is 280 g/mol. The molecule has 0 aromatic carbocycles. The smallest absolute Gasteiger partial charge is 0.222 e. The third kappa shape index (κ3) is 2.95. The van der Waals surface area contributed by atoms with Crippen molar-refractivity contribution in [1.82, 2.24) is 20.0 Å². The SMILES string of the molecule is Cc1nnc(CN2CCCC(N3CCCC3=O)C2)s1. The van der Waals surface area contributed by atoms with Gasteiger partial charge in [-0.1, -0.05) is 0 Å². The summed E-state index contributed by atoms with van der Waals surface area (Å²) in [5, 5.41) is 10.4. The van der Waals surface area contributed by atoms with Crippen molar-refractivity contribution in [3.8, 4) is 0 Å². The number of hydrogen-bond donors (Lipinski definition) is 0. The first-order chi connectivity index (χ1) is 9.22. The van der Waals surface area contributed by atoms with Gasteiger partial charge >= 0.3 is 0 Å². The third-order valence-electron chi connectivity index (χ3n) is 3.96. The number of aryl methyl sites for hydroxylation is 1. The maximum Gasteiger partial charge on any atom is 0.222 e. The fourth-order valence-electron chi connectivity index (χ4n) is 3.08. The second kappa shape index (κ2) is 5.54. The highest BCUT2D eigenvalue weighted by Gasteiger charge is 2.31. The first kappa shape index (κ1) is 13.0. The quantitative estimate of drug-likeness (QED) is 0.840. The minimum absolute atomic E-state index is 0.346. The minimum Gasteiger partial charge on any atom is -0.338 e. The van der Waals surface area contributed by atoms with Crippen LogP contribution in [0.1, 0.15) is 35.7 Å². The van der Waals surface area contributed by atoms with Crippen molar-refractivity contribution in [2.45, 2.75) is 45.2 Å². The molecule has 2 aliphatic heterocycles. The van der Waals surface area contributed by atoms with Crippen LogP contribution in [-0.4, -0.2) is 51.6 Å². The van der Waals surface area contributed by atoms with E-state index in [1.165, 1.54) is 6.42 Å². The van der Waals surface area contributed by atoms with Gasteiger partial charge in [-0.3, -0.25) is 9.69 Å². The van der Waals surface area contributed by atoms with Gasteiger partial charge in [-0.15, -0.1) is 21.5 Å². The third-order valence-corrected chi connectivity index (χ3v) is 4.78. The summed E-state index contributed by atoms with van der Waals surface area (Å²) >= 11 is 1.67. The number of hydrogen-bond acceptors (Lipinski definition) is 5. The number of likely N-dealkylation sites (tertiary alicyclic amines) is 2. The van der Waals surface area contributed by atoms with E-state index in [1.54, 1.807) is 11.3 Å². The lowest BCUT2D eigenvalue weighted by atomic mass is 10.0. The fourth-order valence-corrected chi connectivity index (χ4v) is 3.83. The Morgan fingerprint density at radius 3 is 2.89 bits per heavy atom. The summed E-state index contributed by atoms with van der Waals surface area (Å²) in [7, 11) is 0. The summed E-state index contributed by atoms with van der Waals surface area (Å²) in [6, 6.07) is 0.415. The Morgan fingerprint density at radius 2 is 2.21 bits per heavy atom. The van der Waals surface area contributed by atoms with Gasteiger partial charge in [0.05, 0.1) is 6.54 Å². The van der Waals surface area contributed by atoms with Gasteiger partial charge in [0.2, 0.25) is 5.91 Å². The van der Waals surface area contributed by atoms with Crippen LogP contribution >= 0.6 is 11.3 Å². The molecule has 1 unspecified atom stereocenters. The molecule has 0 radical (unpaired) electrons. The van der Waals surface area contributed by atoms with E-state index >= 15 is 0 Å². The highest BCUT2D eigenvalue weighted by atomic mass is 32.1. The van der Waals surface area contributed by atoms with Crippen LogP contribution < -0.4 is 0 Å². The Morgan fingerprint density at radius 1 is 1.32 bits per heavy atom. The minimum atomic E-state index is 0.346. The molecule has 0 bridgehead atoms. The molecule has 3 heterocycles. The lowest BCUT2D eigenvalue weighted by Gasteiger charge is -2.37. The first-order valence-corrected chi connectivity index (χ1v) is 7.85. The van der Waals surface area contributed by atoms with Crippen LogP contribution in [0.2, 0.25) is 0 Å². The van der Waals surface area contributed by atoms with Crippen LogP contribution in [0, 0.1) is 6.92 Å². The van der Waals surface area contributed by atoms with Crippen molar-refractivity contribution in [3.05, 3.63) is 10.0 Å². The van der Waals surface area contributed by atoms with Gasteiger partial charge in [-0.2, -0.15) is 0 Å². The number of aromatic nitrogens is 2. The van der Waals surface area contributed by atoms with E-state index in [2.05, 4.69) is 20.0 Å². The van der Waals surface area contributed by atoms with Crippen LogP contribution in [-0.2, 0) is 11.3 Å². The Hall–Kier alpha value is -1.01. The van der Waals surface area contributed by atoms with Crippen molar-refractivity contribution in [3.63, 3.8) is 0 Å². The molecule has 2 saturated heterocycles. The normalized spacial score (nSPS) is 25.2. The highest BCUT2D eigenvalue weighted by molar-refractivity contribution is 7.11. The maximum atomic E-state index is 11.8. The van der Waals surface area contributed by atoms with Gasteiger partial charge in [0, 0.05) is 25.6 Å². The van der Waals surface area contributed by atoms with E-state index in [1.807, 2.05) is 6.92 Å². The molecule has 2 aliphatic rings. The van der Waals surface area contributed by atoms with E-state index < -0.39 is 0 Å². The summed E-state index contributed by atoms with van der Waals surface area (Å²) in [5.74, 6) is 0.346. The molecular weight excluding hydrogens is 260 g/mol. The van der Waals surface area contributed by atoms with Crippen molar-refractivity contribution >= 4 is 17.2 Å². The Bertz CT molecular complexity index is 461. The Balaban J connectivity index is 1.60. The largest absolute Gasteiger partial charge is 0.338 e. The molecule has 0 aliphatic carbocycles. The van der Waals surface area contributed by atoms with Gasteiger partial charge in [-0.05, 0) is 32.7 Å². The topological polar surface area (TPSA) is 49.3 Å². The van der Waals surface area contributed by atoms with Gasteiger partial charge < -0.3 is 4.90 Å². The molecule has 1 atom stereocenters. The summed E-state index contributed by atoms with van der Waals surface area (Å²) in [5.41, 5.74) is 0. The van der Waals surface area contributed by atoms with Crippen LogP contribution in [0.25, 0.3) is 0 Å². The summed E-state index contributed by atoms with van der Waals surface area (Å²) in [4.78, 5) is 16.3. The van der Waals surface area contributed by atoms with E-state index in [0.717, 1.165) is 55.5 Å². The molecule has 5 nitrogen and oxygen atoms in total. The number of carbonyl (C=O) groups excluding carboxylic acids is 1. The van der Waals surface area contributed by atoms with Crippen molar-refractivity contribution in [1.29, 1.82) is 0 Å². The van der Waals surface area contributed by atoms with E-state index in [0.29, 0.717) is 11.9 Å². The molecule has 1 aromatic heterocycles. The van der Waals surface area contributed by atoms with Gasteiger partial charge in [0.1, 0.15) is 10.0 Å². The van der Waals surface area contributed by atoms with Crippen molar-refractivity contribution < 1.29 is 4.79 Å². The molecule has 3 rings (SSSR count). The molecule has 0 spiro atoms. The van der Waals surface area contributed by atoms with Crippen LogP contribution in [0.3, 0.4) is 0 Å². The zero-order valence-electron chi connectivity index (χ0n) is 11.3. The van der Waals surface area contributed by atoms with Crippen LogP contribution in [0.15, 0.2) is 0 Å². The maximum absolute atomic E-state index is 11.8. The predicted octanol–water partition coefficient (Wildman–Crippen LogP) is 1.43. The standard InChI is InChI=1S/C13H20N4OS/c1-10-14-15-12(19-10)9-16-6-2-4-11(8-16)17-7-3-5-13(17)18/h11H,2-9H2,1H3.